The van der Waals surface area contributed by atoms with Crippen molar-refractivity contribution in [2.75, 3.05) is 5.73 Å². The van der Waals surface area contributed by atoms with Crippen molar-refractivity contribution in [3.63, 3.8) is 0 Å². The molecule has 0 radical (unpaired) electrons. The molecule has 0 saturated heterocycles. The van der Waals surface area contributed by atoms with Crippen LogP contribution in [0.5, 0.6) is 0 Å². The fourth-order valence-corrected chi connectivity index (χ4v) is 1.85. The fraction of sp³-hybridized carbons (Fsp3) is 0.231. The molecule has 0 spiro atoms. The summed E-state index contributed by atoms with van der Waals surface area (Å²) in [5, 5.41) is 13.4. The molecule has 3 N–H and O–H groups in total. The molecule has 18 heavy (non-hydrogen) atoms. The third-order valence-corrected chi connectivity index (χ3v) is 3.11. The average molecular weight is 245 g/mol. The van der Waals surface area contributed by atoms with Crippen molar-refractivity contribution >= 4 is 11.8 Å². The first-order chi connectivity index (χ1) is 8.40. The molecule has 2 rings (SSSR count). The number of carbonyl (C=O) groups is 1. The molecule has 5 heteroatoms. The molecule has 1 aromatic carbocycles. The van der Waals surface area contributed by atoms with Gasteiger partial charge < -0.3 is 10.8 Å². The third kappa shape index (κ3) is 1.95. The maximum atomic E-state index is 11.2. The van der Waals surface area contributed by atoms with Crippen molar-refractivity contribution in [2.24, 2.45) is 7.05 Å². The summed E-state index contributed by atoms with van der Waals surface area (Å²) < 4.78 is 1.56. The number of carboxylic acid groups (broad SMARTS) is 1. The summed E-state index contributed by atoms with van der Waals surface area (Å²) in [6, 6.07) is 5.28. The molecular formula is C13H15N3O2. The van der Waals surface area contributed by atoms with Crippen molar-refractivity contribution in [3.05, 3.63) is 34.9 Å². The molecule has 0 fully saturated rings. The van der Waals surface area contributed by atoms with Gasteiger partial charge >= 0.3 is 5.97 Å². The summed E-state index contributed by atoms with van der Waals surface area (Å²) in [7, 11) is 1.75. The minimum atomic E-state index is -0.929. The normalized spacial score (nSPS) is 10.6. The Bertz CT molecular complexity index is 610. The molecule has 0 atom stereocenters. The lowest BCUT2D eigenvalue weighted by molar-refractivity contribution is 0.0696. The number of hydrogen-bond donors (Lipinski definition) is 2. The van der Waals surface area contributed by atoms with Crippen molar-refractivity contribution in [3.8, 4) is 11.3 Å². The molecular weight excluding hydrogens is 230 g/mol. The molecule has 0 saturated carbocycles. The average Bonchev–Trinajstić information content (AvgIpc) is 2.62. The highest BCUT2D eigenvalue weighted by Crippen LogP contribution is 2.25. The third-order valence-electron chi connectivity index (χ3n) is 3.11. The zero-order valence-electron chi connectivity index (χ0n) is 10.6. The Morgan fingerprint density at radius 3 is 2.50 bits per heavy atom. The minimum absolute atomic E-state index is 0.300. The van der Waals surface area contributed by atoms with Gasteiger partial charge in [-0.15, -0.1) is 0 Å². The van der Waals surface area contributed by atoms with E-state index < -0.39 is 5.97 Å². The van der Waals surface area contributed by atoms with Gasteiger partial charge in [0.25, 0.3) is 0 Å². The van der Waals surface area contributed by atoms with Crippen LogP contribution < -0.4 is 5.73 Å². The van der Waals surface area contributed by atoms with Crippen LogP contribution in [0.2, 0.25) is 0 Å². The van der Waals surface area contributed by atoms with Crippen LogP contribution in [-0.4, -0.2) is 20.9 Å². The highest BCUT2D eigenvalue weighted by molar-refractivity contribution is 5.91. The summed E-state index contributed by atoms with van der Waals surface area (Å²) in [4.78, 5) is 11.2. The number of aromatic carboxylic acids is 1. The summed E-state index contributed by atoms with van der Waals surface area (Å²) in [5.74, 6) is -0.388. The van der Waals surface area contributed by atoms with Gasteiger partial charge in [0.15, 0.2) is 0 Å². The number of carboxylic acids is 1. The number of hydrogen-bond acceptors (Lipinski definition) is 3. The Morgan fingerprint density at radius 2 is 2.00 bits per heavy atom. The second-order valence-electron chi connectivity index (χ2n) is 4.35. The van der Waals surface area contributed by atoms with E-state index in [2.05, 4.69) is 5.10 Å². The first kappa shape index (κ1) is 12.2. The minimum Gasteiger partial charge on any atom is -0.478 e. The second kappa shape index (κ2) is 4.18. The molecule has 0 unspecified atom stereocenters. The SMILES string of the molecule is Cc1cc(-c2cc(N)n(C)n2)cc(C(=O)O)c1C. The molecule has 0 amide bonds. The summed E-state index contributed by atoms with van der Waals surface area (Å²) >= 11 is 0. The molecule has 2 aromatic rings. The molecule has 5 nitrogen and oxygen atoms in total. The number of aromatic nitrogens is 2. The van der Waals surface area contributed by atoms with Crippen molar-refractivity contribution in [1.82, 2.24) is 9.78 Å². The Hall–Kier alpha value is -2.30. The number of benzene rings is 1. The van der Waals surface area contributed by atoms with Gasteiger partial charge in [-0.05, 0) is 37.1 Å². The molecule has 94 valence electrons. The zero-order chi connectivity index (χ0) is 13.4. The van der Waals surface area contributed by atoms with Crippen LogP contribution in [0.4, 0.5) is 5.82 Å². The number of rotatable bonds is 2. The lowest BCUT2D eigenvalue weighted by Gasteiger charge is -2.07. The summed E-state index contributed by atoms with van der Waals surface area (Å²) in [6.07, 6.45) is 0. The standard InChI is InChI=1S/C13H15N3O2/c1-7-4-9(5-10(8(7)2)13(17)18)11-6-12(14)16(3)15-11/h4-6H,14H2,1-3H3,(H,17,18). The van der Waals surface area contributed by atoms with Gasteiger partial charge in [0.2, 0.25) is 0 Å². The van der Waals surface area contributed by atoms with Gasteiger partial charge in [0.05, 0.1) is 11.3 Å². The number of nitrogens with two attached hydrogens (primary N) is 1. The van der Waals surface area contributed by atoms with Crippen LogP contribution >= 0.6 is 0 Å². The smallest absolute Gasteiger partial charge is 0.335 e. The number of anilines is 1. The van der Waals surface area contributed by atoms with Gasteiger partial charge in [-0.25, -0.2) is 4.79 Å². The van der Waals surface area contributed by atoms with Gasteiger partial charge in [-0.3, -0.25) is 4.68 Å². The first-order valence-electron chi connectivity index (χ1n) is 5.54. The van der Waals surface area contributed by atoms with Crippen molar-refractivity contribution < 1.29 is 9.90 Å². The van der Waals surface area contributed by atoms with E-state index in [-0.39, 0.29) is 0 Å². The Labute approximate surface area is 105 Å². The largest absolute Gasteiger partial charge is 0.478 e. The second-order valence-corrected chi connectivity index (χ2v) is 4.35. The topological polar surface area (TPSA) is 81.1 Å². The highest BCUT2D eigenvalue weighted by Gasteiger charge is 2.13. The van der Waals surface area contributed by atoms with Gasteiger partial charge in [-0.1, -0.05) is 0 Å². The Balaban J connectivity index is 2.62. The molecule has 0 aliphatic heterocycles. The summed E-state index contributed by atoms with van der Waals surface area (Å²) in [6.45, 7) is 3.69. The van der Waals surface area contributed by atoms with Gasteiger partial charge in [0.1, 0.15) is 5.82 Å². The Kier molecular flexibility index (Phi) is 2.82. The number of nitrogen functional groups attached to an aromatic ring is 1. The quantitative estimate of drug-likeness (QED) is 0.847. The van der Waals surface area contributed by atoms with Crippen LogP contribution in [0.15, 0.2) is 18.2 Å². The van der Waals surface area contributed by atoms with Crippen molar-refractivity contribution in [1.29, 1.82) is 0 Å². The molecule has 0 aliphatic carbocycles. The van der Waals surface area contributed by atoms with Gasteiger partial charge in [-0.2, -0.15) is 5.10 Å². The maximum Gasteiger partial charge on any atom is 0.335 e. The lowest BCUT2D eigenvalue weighted by Crippen LogP contribution is -2.02. The van der Waals surface area contributed by atoms with Crippen LogP contribution in [-0.2, 0) is 7.05 Å². The van der Waals surface area contributed by atoms with E-state index in [0.29, 0.717) is 17.1 Å². The van der Waals surface area contributed by atoms with Gasteiger partial charge in [0, 0.05) is 18.7 Å². The highest BCUT2D eigenvalue weighted by atomic mass is 16.4. The van der Waals surface area contributed by atoms with Crippen LogP contribution in [0, 0.1) is 13.8 Å². The van der Waals surface area contributed by atoms with Crippen LogP contribution in [0.25, 0.3) is 11.3 Å². The van der Waals surface area contributed by atoms with E-state index >= 15 is 0 Å². The fourth-order valence-electron chi connectivity index (χ4n) is 1.85. The van der Waals surface area contributed by atoms with E-state index in [1.54, 1.807) is 30.8 Å². The molecule has 1 aromatic heterocycles. The van der Waals surface area contributed by atoms with E-state index in [0.717, 1.165) is 16.7 Å². The molecule has 1 heterocycles. The van der Waals surface area contributed by atoms with E-state index in [9.17, 15) is 9.90 Å². The molecule has 0 bridgehead atoms. The predicted octanol–water partition coefficient (Wildman–Crippen LogP) is 1.98. The van der Waals surface area contributed by atoms with Crippen LogP contribution in [0.3, 0.4) is 0 Å². The predicted molar refractivity (Wildman–Crippen MR) is 69.5 cm³/mol. The van der Waals surface area contributed by atoms with E-state index in [1.165, 1.54) is 0 Å². The Morgan fingerprint density at radius 1 is 1.33 bits per heavy atom. The number of nitrogens with zero attached hydrogens (tertiary/aromatic N) is 2. The zero-order valence-corrected chi connectivity index (χ0v) is 10.6. The molecule has 0 aliphatic rings. The van der Waals surface area contributed by atoms with E-state index in [4.69, 9.17) is 5.73 Å². The lowest BCUT2D eigenvalue weighted by atomic mass is 9.98. The summed E-state index contributed by atoms with van der Waals surface area (Å²) in [5.41, 5.74) is 9.17. The number of aryl methyl sites for hydroxylation is 2. The first-order valence-corrected chi connectivity index (χ1v) is 5.54. The monoisotopic (exact) mass is 245 g/mol. The van der Waals surface area contributed by atoms with Crippen LogP contribution in [0.1, 0.15) is 21.5 Å². The maximum absolute atomic E-state index is 11.2. The van der Waals surface area contributed by atoms with E-state index in [1.807, 2.05) is 13.0 Å². The van der Waals surface area contributed by atoms with Crippen molar-refractivity contribution in [2.45, 2.75) is 13.8 Å².